The Morgan fingerprint density at radius 1 is 0.875 bits per heavy atom. The SMILES string of the molecule is CCNC(=NCc1ccc(OC)c(OC)c1OC)NCc1ccccc1OC(F)(F)F.I. The topological polar surface area (TPSA) is 73.3 Å². The predicted molar refractivity (Wildman–Crippen MR) is 126 cm³/mol. The van der Waals surface area contributed by atoms with Gasteiger partial charge in [-0.1, -0.05) is 18.2 Å². The number of guanidine groups is 1. The molecular weight excluding hydrogens is 542 g/mol. The number of halogens is 4. The lowest BCUT2D eigenvalue weighted by Crippen LogP contribution is -2.37. The maximum absolute atomic E-state index is 12.6. The van der Waals surface area contributed by atoms with E-state index in [1.807, 2.05) is 6.92 Å². The van der Waals surface area contributed by atoms with E-state index in [1.165, 1.54) is 33.5 Å². The van der Waals surface area contributed by atoms with Crippen LogP contribution in [-0.2, 0) is 13.1 Å². The normalized spacial score (nSPS) is 11.3. The summed E-state index contributed by atoms with van der Waals surface area (Å²) in [5.74, 6) is 1.62. The van der Waals surface area contributed by atoms with Crippen molar-refractivity contribution >= 4 is 29.9 Å². The Kier molecular flexibility index (Phi) is 11.2. The van der Waals surface area contributed by atoms with Crippen LogP contribution in [0.1, 0.15) is 18.1 Å². The molecule has 0 aromatic heterocycles. The molecule has 7 nitrogen and oxygen atoms in total. The highest BCUT2D eigenvalue weighted by atomic mass is 127. The fraction of sp³-hybridized carbons (Fsp3) is 0.381. The minimum absolute atomic E-state index is 0. The van der Waals surface area contributed by atoms with Gasteiger partial charge in [0.25, 0.3) is 0 Å². The van der Waals surface area contributed by atoms with Crippen molar-refractivity contribution in [2.24, 2.45) is 4.99 Å². The molecule has 0 spiro atoms. The van der Waals surface area contributed by atoms with Gasteiger partial charge in [-0.3, -0.25) is 0 Å². The first kappa shape index (κ1) is 27.5. The van der Waals surface area contributed by atoms with Gasteiger partial charge in [0, 0.05) is 24.2 Å². The summed E-state index contributed by atoms with van der Waals surface area (Å²) < 4.78 is 58.1. The minimum Gasteiger partial charge on any atom is -0.493 e. The first-order valence-corrected chi connectivity index (χ1v) is 9.46. The van der Waals surface area contributed by atoms with Crippen LogP contribution in [0.15, 0.2) is 41.4 Å². The number of hydrogen-bond acceptors (Lipinski definition) is 5. The molecule has 0 saturated heterocycles. The molecule has 0 amide bonds. The van der Waals surface area contributed by atoms with E-state index in [4.69, 9.17) is 14.2 Å². The molecule has 0 aliphatic rings. The zero-order valence-electron chi connectivity index (χ0n) is 18.2. The van der Waals surface area contributed by atoms with Crippen LogP contribution in [0.4, 0.5) is 13.2 Å². The van der Waals surface area contributed by atoms with Gasteiger partial charge in [0.15, 0.2) is 17.5 Å². The van der Waals surface area contributed by atoms with Crippen LogP contribution < -0.4 is 29.6 Å². The van der Waals surface area contributed by atoms with Gasteiger partial charge in [-0.05, 0) is 25.1 Å². The number of benzene rings is 2. The van der Waals surface area contributed by atoms with E-state index in [-0.39, 0.29) is 42.8 Å². The third-order valence-electron chi connectivity index (χ3n) is 4.18. The molecule has 2 rings (SSSR count). The number of aliphatic imine (C=N–C) groups is 1. The number of alkyl halides is 3. The van der Waals surface area contributed by atoms with E-state index >= 15 is 0 Å². The Hall–Kier alpha value is -2.57. The number of ether oxygens (including phenoxy) is 4. The van der Waals surface area contributed by atoms with Crippen LogP contribution in [0.25, 0.3) is 0 Å². The van der Waals surface area contributed by atoms with Gasteiger partial charge in [-0.25, -0.2) is 4.99 Å². The number of rotatable bonds is 9. The lowest BCUT2D eigenvalue weighted by Gasteiger charge is -2.17. The van der Waals surface area contributed by atoms with Crippen molar-refractivity contribution in [3.63, 3.8) is 0 Å². The molecule has 2 N–H and O–H groups in total. The third-order valence-corrected chi connectivity index (χ3v) is 4.18. The van der Waals surface area contributed by atoms with Crippen molar-refractivity contribution in [2.45, 2.75) is 26.4 Å². The molecule has 0 saturated carbocycles. The van der Waals surface area contributed by atoms with E-state index in [2.05, 4.69) is 20.4 Å². The van der Waals surface area contributed by atoms with Gasteiger partial charge in [-0.2, -0.15) is 0 Å². The van der Waals surface area contributed by atoms with Gasteiger partial charge in [-0.15, -0.1) is 37.1 Å². The van der Waals surface area contributed by atoms with Gasteiger partial charge in [0.1, 0.15) is 5.75 Å². The van der Waals surface area contributed by atoms with Gasteiger partial charge in [0.05, 0.1) is 27.9 Å². The second-order valence-corrected chi connectivity index (χ2v) is 6.20. The molecule has 0 bridgehead atoms. The van der Waals surface area contributed by atoms with Crippen molar-refractivity contribution in [1.82, 2.24) is 10.6 Å². The van der Waals surface area contributed by atoms with Crippen molar-refractivity contribution in [3.8, 4) is 23.0 Å². The summed E-state index contributed by atoms with van der Waals surface area (Å²) in [7, 11) is 4.56. The Bertz CT molecular complexity index is 895. The van der Waals surface area contributed by atoms with Crippen LogP contribution in [0.3, 0.4) is 0 Å². The third kappa shape index (κ3) is 7.84. The van der Waals surface area contributed by atoms with Gasteiger partial charge >= 0.3 is 6.36 Å². The lowest BCUT2D eigenvalue weighted by molar-refractivity contribution is -0.274. The average molecular weight is 569 g/mol. The van der Waals surface area contributed by atoms with Crippen molar-refractivity contribution < 1.29 is 32.1 Å². The van der Waals surface area contributed by atoms with Crippen molar-refractivity contribution in [2.75, 3.05) is 27.9 Å². The molecule has 0 radical (unpaired) electrons. The molecule has 0 aliphatic carbocycles. The second kappa shape index (κ2) is 13.1. The maximum atomic E-state index is 12.6. The Balaban J connectivity index is 0.00000512. The molecule has 0 atom stereocenters. The zero-order valence-corrected chi connectivity index (χ0v) is 20.5. The molecule has 0 heterocycles. The maximum Gasteiger partial charge on any atom is 0.573 e. The van der Waals surface area contributed by atoms with E-state index in [0.29, 0.717) is 35.3 Å². The minimum atomic E-state index is -4.77. The van der Waals surface area contributed by atoms with Crippen LogP contribution in [-0.4, -0.2) is 40.2 Å². The summed E-state index contributed by atoms with van der Waals surface area (Å²) in [5, 5.41) is 6.08. The summed E-state index contributed by atoms with van der Waals surface area (Å²) in [6.45, 7) is 2.77. The zero-order chi connectivity index (χ0) is 22.9. The Labute approximate surface area is 202 Å². The first-order chi connectivity index (χ1) is 14.8. The Morgan fingerprint density at radius 3 is 2.16 bits per heavy atom. The number of nitrogens with one attached hydrogen (secondary N) is 2. The number of methoxy groups -OCH3 is 3. The molecule has 178 valence electrons. The monoisotopic (exact) mass is 569 g/mol. The number of para-hydroxylation sites is 1. The summed E-state index contributed by atoms with van der Waals surface area (Å²) in [5.41, 5.74) is 1.09. The largest absolute Gasteiger partial charge is 0.573 e. The highest BCUT2D eigenvalue weighted by Gasteiger charge is 2.31. The molecule has 0 unspecified atom stereocenters. The molecule has 0 fully saturated rings. The molecule has 32 heavy (non-hydrogen) atoms. The fourth-order valence-corrected chi connectivity index (χ4v) is 2.85. The molecule has 2 aromatic rings. The van der Waals surface area contributed by atoms with Crippen molar-refractivity contribution in [1.29, 1.82) is 0 Å². The van der Waals surface area contributed by atoms with Gasteiger partial charge in [0.2, 0.25) is 5.75 Å². The number of nitrogens with zero attached hydrogens (tertiary/aromatic N) is 1. The van der Waals surface area contributed by atoms with E-state index in [0.717, 1.165) is 5.56 Å². The fourth-order valence-electron chi connectivity index (χ4n) is 2.85. The first-order valence-electron chi connectivity index (χ1n) is 9.46. The summed E-state index contributed by atoms with van der Waals surface area (Å²) in [6.07, 6.45) is -4.77. The molecule has 11 heteroatoms. The van der Waals surface area contributed by atoms with E-state index in [9.17, 15) is 13.2 Å². The lowest BCUT2D eigenvalue weighted by atomic mass is 10.1. The Morgan fingerprint density at radius 2 is 1.56 bits per heavy atom. The van der Waals surface area contributed by atoms with Gasteiger partial charge < -0.3 is 29.6 Å². The van der Waals surface area contributed by atoms with Crippen LogP contribution >= 0.6 is 24.0 Å². The molecule has 0 aliphatic heterocycles. The summed E-state index contributed by atoms with van der Waals surface area (Å²) in [6, 6.07) is 9.49. The molecular formula is C21H27F3IN3O4. The highest BCUT2D eigenvalue weighted by molar-refractivity contribution is 14.0. The molecule has 2 aromatic carbocycles. The second-order valence-electron chi connectivity index (χ2n) is 6.20. The van der Waals surface area contributed by atoms with E-state index < -0.39 is 6.36 Å². The summed E-state index contributed by atoms with van der Waals surface area (Å²) >= 11 is 0. The highest BCUT2D eigenvalue weighted by Crippen LogP contribution is 2.40. The predicted octanol–water partition coefficient (Wildman–Crippen LogP) is 4.48. The van der Waals surface area contributed by atoms with Crippen LogP contribution in [0.5, 0.6) is 23.0 Å². The van der Waals surface area contributed by atoms with E-state index in [1.54, 1.807) is 24.3 Å². The summed E-state index contributed by atoms with van der Waals surface area (Å²) in [4.78, 5) is 4.50. The van der Waals surface area contributed by atoms with Crippen LogP contribution in [0.2, 0.25) is 0 Å². The average Bonchev–Trinajstić information content (AvgIpc) is 2.74. The van der Waals surface area contributed by atoms with Crippen molar-refractivity contribution in [3.05, 3.63) is 47.5 Å². The standard InChI is InChI=1S/C21H26F3N3O4.HI/c1-5-25-20(26-12-14-8-6-7-9-16(14)31-21(22,23)24)27-13-15-10-11-17(28-2)19(30-4)18(15)29-3;/h6-11H,5,12-13H2,1-4H3,(H2,25,26,27);1H. The quantitative estimate of drug-likeness (QED) is 0.264. The number of hydrogen-bond donors (Lipinski definition) is 2. The van der Waals surface area contributed by atoms with Crippen LogP contribution in [0, 0.1) is 0 Å². The smallest absolute Gasteiger partial charge is 0.493 e.